The average Bonchev–Trinajstić information content (AvgIpc) is 2.46. The Hall–Kier alpha value is -1.62. The molecule has 2 unspecified atom stereocenters. The van der Waals surface area contributed by atoms with Gasteiger partial charge in [-0.05, 0) is 49.9 Å². The molecule has 0 fully saturated rings. The fourth-order valence-corrected chi connectivity index (χ4v) is 4.63. The van der Waals surface area contributed by atoms with Crippen molar-refractivity contribution < 1.29 is 32.3 Å². The first-order valence-electron chi connectivity index (χ1n) is 7.39. The Morgan fingerprint density at radius 1 is 0.680 bits per heavy atom. The molecule has 0 aromatic heterocycles. The van der Waals surface area contributed by atoms with E-state index in [1.807, 2.05) is 0 Å². The fraction of sp³-hybridized carbons (Fsp3) is 0.250. The molecule has 0 amide bonds. The van der Waals surface area contributed by atoms with Crippen LogP contribution in [0.1, 0.15) is 22.3 Å². The number of rotatable bonds is 6. The molecular weight excluding hydrogens is 366 g/mol. The minimum Gasteiger partial charge on any atom is -0.403 e. The first-order valence-corrected chi connectivity index (χ1v) is 10.4. The van der Waals surface area contributed by atoms with Crippen LogP contribution in [0.5, 0.6) is 11.5 Å². The highest BCUT2D eigenvalue weighted by atomic mass is 31.3. The molecule has 136 valence electrons. The molecule has 2 N–H and O–H groups in total. The van der Waals surface area contributed by atoms with Crippen LogP contribution in [0.3, 0.4) is 0 Å². The van der Waals surface area contributed by atoms with Crippen molar-refractivity contribution >= 4 is 15.6 Å². The molecule has 9 heteroatoms. The van der Waals surface area contributed by atoms with Gasteiger partial charge in [0.1, 0.15) is 11.5 Å². The summed E-state index contributed by atoms with van der Waals surface area (Å²) >= 11 is 0. The number of para-hydroxylation sites is 2. The van der Waals surface area contributed by atoms with Crippen LogP contribution in [0.25, 0.3) is 0 Å². The van der Waals surface area contributed by atoms with E-state index in [2.05, 4.69) is 4.31 Å². The van der Waals surface area contributed by atoms with E-state index in [9.17, 15) is 18.9 Å². The standard InChI is InChI=1S/C16H20O7P2/c1-11-7-5-8-12(2)15(11)21-24(17,18)23-25(19,20)22-16-13(3)9-6-10-14(16)4/h5-10H,1-4H3,(H,17,18)(H,19,20). The first kappa shape index (κ1) is 19.7. The smallest absolute Gasteiger partial charge is 0.403 e. The van der Waals surface area contributed by atoms with Gasteiger partial charge in [-0.15, -0.1) is 0 Å². The lowest BCUT2D eigenvalue weighted by molar-refractivity contribution is 0.233. The zero-order valence-electron chi connectivity index (χ0n) is 14.3. The van der Waals surface area contributed by atoms with Crippen LogP contribution < -0.4 is 9.05 Å². The summed E-state index contributed by atoms with van der Waals surface area (Å²) in [5, 5.41) is 0. The lowest BCUT2D eigenvalue weighted by Gasteiger charge is -2.20. The third-order valence-electron chi connectivity index (χ3n) is 3.44. The van der Waals surface area contributed by atoms with E-state index in [-0.39, 0.29) is 11.5 Å². The van der Waals surface area contributed by atoms with Crippen LogP contribution >= 0.6 is 15.6 Å². The molecule has 0 radical (unpaired) electrons. The Labute approximate surface area is 146 Å². The van der Waals surface area contributed by atoms with Crippen molar-refractivity contribution in [3.05, 3.63) is 58.7 Å². The maximum Gasteiger partial charge on any atom is 0.537 e. The van der Waals surface area contributed by atoms with E-state index in [1.165, 1.54) is 0 Å². The summed E-state index contributed by atoms with van der Waals surface area (Å²) in [4.78, 5) is 19.7. The molecule has 0 saturated heterocycles. The Morgan fingerprint density at radius 3 is 1.24 bits per heavy atom. The van der Waals surface area contributed by atoms with Gasteiger partial charge >= 0.3 is 15.6 Å². The SMILES string of the molecule is Cc1cccc(C)c1OP(=O)(O)OP(=O)(O)Oc1c(C)cccc1C. The second kappa shape index (κ2) is 7.32. The van der Waals surface area contributed by atoms with Crippen molar-refractivity contribution in [2.45, 2.75) is 27.7 Å². The molecule has 0 heterocycles. The first-order chi connectivity index (χ1) is 11.5. The predicted molar refractivity (Wildman–Crippen MR) is 93.8 cm³/mol. The molecule has 2 atom stereocenters. The highest BCUT2D eigenvalue weighted by Gasteiger charge is 2.38. The largest absolute Gasteiger partial charge is 0.537 e. The number of benzene rings is 2. The molecule has 0 aliphatic carbocycles. The molecule has 2 rings (SSSR count). The topological polar surface area (TPSA) is 102 Å². The molecule has 2 aromatic rings. The van der Waals surface area contributed by atoms with Crippen molar-refractivity contribution in [1.82, 2.24) is 0 Å². The van der Waals surface area contributed by atoms with Crippen molar-refractivity contribution in [3.63, 3.8) is 0 Å². The van der Waals surface area contributed by atoms with Crippen molar-refractivity contribution in [3.8, 4) is 11.5 Å². The molecule has 0 aliphatic heterocycles. The minimum absolute atomic E-state index is 0.111. The van der Waals surface area contributed by atoms with Gasteiger partial charge in [-0.25, -0.2) is 9.13 Å². The van der Waals surface area contributed by atoms with Gasteiger partial charge in [-0.3, -0.25) is 9.79 Å². The van der Waals surface area contributed by atoms with Crippen LogP contribution in [0, 0.1) is 27.7 Å². The summed E-state index contributed by atoms with van der Waals surface area (Å²) in [5.41, 5.74) is 2.34. The lowest BCUT2D eigenvalue weighted by atomic mass is 10.1. The van der Waals surface area contributed by atoms with Crippen molar-refractivity contribution in [2.75, 3.05) is 0 Å². The van der Waals surface area contributed by atoms with E-state index in [4.69, 9.17) is 9.05 Å². The normalized spacial score (nSPS) is 15.9. The molecule has 0 bridgehead atoms. The van der Waals surface area contributed by atoms with Crippen LogP contribution in [-0.4, -0.2) is 9.79 Å². The second-order valence-electron chi connectivity index (χ2n) is 5.64. The average molecular weight is 386 g/mol. The molecule has 0 aliphatic rings. The Kier molecular flexibility index (Phi) is 5.77. The van der Waals surface area contributed by atoms with Crippen molar-refractivity contribution in [1.29, 1.82) is 0 Å². The zero-order valence-corrected chi connectivity index (χ0v) is 16.1. The van der Waals surface area contributed by atoms with Gasteiger partial charge in [0, 0.05) is 0 Å². The quantitative estimate of drug-likeness (QED) is 0.700. The number of phosphoric ester groups is 2. The lowest BCUT2D eigenvalue weighted by Crippen LogP contribution is -2.03. The van der Waals surface area contributed by atoms with Gasteiger partial charge in [-0.1, -0.05) is 36.4 Å². The molecule has 7 nitrogen and oxygen atoms in total. The highest BCUT2D eigenvalue weighted by Crippen LogP contribution is 2.60. The van der Waals surface area contributed by atoms with Gasteiger partial charge < -0.3 is 9.05 Å². The van der Waals surface area contributed by atoms with Gasteiger partial charge in [0.05, 0.1) is 0 Å². The molecule has 0 saturated carbocycles. The fourth-order valence-electron chi connectivity index (χ4n) is 2.28. The number of phosphoric acid groups is 2. The summed E-state index contributed by atoms with van der Waals surface area (Å²) in [7, 11) is -9.79. The molecule has 25 heavy (non-hydrogen) atoms. The van der Waals surface area contributed by atoms with E-state index in [1.54, 1.807) is 64.1 Å². The summed E-state index contributed by atoms with van der Waals surface area (Å²) < 4.78 is 38.7. The number of hydrogen-bond donors (Lipinski definition) is 2. The van der Waals surface area contributed by atoms with E-state index in [0.29, 0.717) is 22.3 Å². The second-order valence-corrected chi connectivity index (χ2v) is 8.54. The summed E-state index contributed by atoms with van der Waals surface area (Å²) in [6.07, 6.45) is 0. The van der Waals surface area contributed by atoms with E-state index < -0.39 is 15.6 Å². The monoisotopic (exact) mass is 386 g/mol. The number of hydrogen-bond acceptors (Lipinski definition) is 5. The third kappa shape index (κ3) is 5.18. The van der Waals surface area contributed by atoms with E-state index >= 15 is 0 Å². The third-order valence-corrected chi connectivity index (χ3v) is 5.91. The van der Waals surface area contributed by atoms with Gasteiger partial charge in [0.25, 0.3) is 0 Å². The Morgan fingerprint density at radius 2 is 0.960 bits per heavy atom. The van der Waals surface area contributed by atoms with Gasteiger partial charge in [-0.2, -0.15) is 4.31 Å². The summed E-state index contributed by atoms with van der Waals surface area (Å²) in [6.45, 7) is 6.70. The highest BCUT2D eigenvalue weighted by molar-refractivity contribution is 7.61. The van der Waals surface area contributed by atoms with Crippen molar-refractivity contribution in [2.24, 2.45) is 0 Å². The van der Waals surface area contributed by atoms with Gasteiger partial charge in [0.15, 0.2) is 0 Å². The van der Waals surface area contributed by atoms with Gasteiger partial charge in [0.2, 0.25) is 0 Å². The molecular formula is C16H20O7P2. The summed E-state index contributed by atoms with van der Waals surface area (Å²) in [5.74, 6) is 0.223. The van der Waals surface area contributed by atoms with Crippen LogP contribution in [0.15, 0.2) is 36.4 Å². The predicted octanol–water partition coefficient (Wildman–Crippen LogP) is 4.60. The molecule has 0 spiro atoms. The number of aryl methyl sites for hydroxylation is 4. The summed E-state index contributed by atoms with van der Waals surface area (Å²) in [6, 6.07) is 10.2. The maximum atomic E-state index is 12.2. The van der Waals surface area contributed by atoms with Crippen LogP contribution in [-0.2, 0) is 13.4 Å². The minimum atomic E-state index is -4.90. The van der Waals surface area contributed by atoms with Crippen LogP contribution in [0.2, 0.25) is 0 Å². The Bertz CT molecular complexity index is 767. The maximum absolute atomic E-state index is 12.2. The molecule has 2 aromatic carbocycles. The van der Waals surface area contributed by atoms with Crippen LogP contribution in [0.4, 0.5) is 0 Å². The Balaban J connectivity index is 2.21. The van der Waals surface area contributed by atoms with E-state index in [0.717, 1.165) is 0 Å². The zero-order chi connectivity index (χ0) is 18.8.